The highest BCUT2D eigenvalue weighted by Crippen LogP contribution is 2.31. The number of hydrogen-bond donors (Lipinski definition) is 0. The van der Waals surface area contributed by atoms with Gasteiger partial charge in [0.2, 0.25) is 5.88 Å². The van der Waals surface area contributed by atoms with E-state index < -0.39 is 5.97 Å². The van der Waals surface area contributed by atoms with Gasteiger partial charge in [0.25, 0.3) is 0 Å². The Bertz CT molecular complexity index is 995. The molecule has 0 aliphatic heterocycles. The monoisotopic (exact) mass is 382 g/mol. The fraction of sp³-hybridized carbons (Fsp3) is 0.316. The summed E-state index contributed by atoms with van der Waals surface area (Å²) in [4.78, 5) is 26.6. The summed E-state index contributed by atoms with van der Waals surface area (Å²) in [6.07, 6.45) is 6.49. The van der Waals surface area contributed by atoms with Crippen LogP contribution in [0.5, 0.6) is 11.6 Å². The maximum atomic E-state index is 12.2. The molecule has 2 aromatic heterocycles. The Morgan fingerprint density at radius 2 is 2.07 bits per heavy atom. The minimum Gasteiger partial charge on any atom is -0.462 e. The van der Waals surface area contributed by atoms with Crippen LogP contribution in [0.25, 0.3) is 10.9 Å². The highest BCUT2D eigenvalue weighted by molar-refractivity contribution is 5.97. The van der Waals surface area contributed by atoms with Gasteiger partial charge in [-0.25, -0.2) is 19.8 Å². The van der Waals surface area contributed by atoms with Crippen molar-refractivity contribution in [3.05, 3.63) is 36.3 Å². The zero-order valence-corrected chi connectivity index (χ0v) is 16.3. The molecule has 0 bridgehead atoms. The molecular weight excluding hydrogens is 360 g/mol. The van der Waals surface area contributed by atoms with E-state index in [0.29, 0.717) is 29.2 Å². The normalized spacial score (nSPS) is 11.1. The summed E-state index contributed by atoms with van der Waals surface area (Å²) >= 11 is 0. The van der Waals surface area contributed by atoms with Crippen LogP contribution in [-0.2, 0) is 11.3 Å². The molecule has 0 saturated heterocycles. The number of ether oxygens (including phenoxy) is 2. The minimum absolute atomic E-state index is 0.287. The topological polar surface area (TPSA) is 94.7 Å². The predicted molar refractivity (Wildman–Crippen MR) is 105 cm³/mol. The van der Waals surface area contributed by atoms with E-state index in [1.807, 2.05) is 27.2 Å². The van der Waals surface area contributed by atoms with Crippen LogP contribution in [0, 0.1) is 0 Å². The largest absolute Gasteiger partial charge is 0.462 e. The molecule has 0 aliphatic carbocycles. The van der Waals surface area contributed by atoms with E-state index in [1.165, 1.54) is 12.4 Å². The Hall–Kier alpha value is -3.49. The molecule has 0 unspecified atom stereocenters. The van der Waals surface area contributed by atoms with E-state index in [1.54, 1.807) is 35.0 Å². The molecule has 0 spiro atoms. The quantitative estimate of drug-likeness (QED) is 0.352. The van der Waals surface area contributed by atoms with Crippen molar-refractivity contribution >= 4 is 29.0 Å². The number of aryl methyl sites for hydroxylation is 1. The first-order valence-electron chi connectivity index (χ1n) is 8.89. The zero-order valence-electron chi connectivity index (χ0n) is 16.3. The zero-order chi connectivity index (χ0) is 20.1. The summed E-state index contributed by atoms with van der Waals surface area (Å²) in [7, 11) is 3.74. The molecule has 146 valence electrons. The molecule has 1 aromatic carbocycles. The van der Waals surface area contributed by atoms with Gasteiger partial charge in [0.05, 0.1) is 41.8 Å². The summed E-state index contributed by atoms with van der Waals surface area (Å²) in [5, 5.41) is 5.23. The van der Waals surface area contributed by atoms with Gasteiger partial charge in [0.1, 0.15) is 5.75 Å². The van der Waals surface area contributed by atoms with E-state index in [4.69, 9.17) is 9.47 Å². The number of esters is 1. The minimum atomic E-state index is -0.431. The van der Waals surface area contributed by atoms with Gasteiger partial charge in [-0.2, -0.15) is 5.10 Å². The lowest BCUT2D eigenvalue weighted by atomic mass is 10.1. The SMILES string of the molecule is CCOC(=O)c1cc(Oc2cnc(N=CN(C)C)cn2)c2cn(CC)nc2c1. The number of hydrogen-bond acceptors (Lipinski definition) is 7. The predicted octanol–water partition coefficient (Wildman–Crippen LogP) is 3.04. The number of carbonyl (C=O) groups is 1. The molecule has 3 rings (SSSR count). The lowest BCUT2D eigenvalue weighted by molar-refractivity contribution is 0.0526. The second kappa shape index (κ2) is 8.47. The number of aromatic nitrogens is 4. The molecule has 0 aliphatic rings. The summed E-state index contributed by atoms with van der Waals surface area (Å²) < 4.78 is 12.8. The number of carbonyl (C=O) groups excluding carboxylic acids is 1. The lowest BCUT2D eigenvalue weighted by Gasteiger charge is -2.08. The standard InChI is InChI=1S/C19H22N6O3/c1-5-25-11-14-15(23-25)7-13(19(26)27-6-2)8-16(14)28-18-10-20-17(9-21-18)22-12-24(3)4/h7-12H,5-6H2,1-4H3. The molecule has 0 fully saturated rings. The van der Waals surface area contributed by atoms with E-state index in [-0.39, 0.29) is 12.5 Å². The second-order valence-corrected chi connectivity index (χ2v) is 6.14. The van der Waals surface area contributed by atoms with Crippen molar-refractivity contribution in [2.75, 3.05) is 20.7 Å². The van der Waals surface area contributed by atoms with Crippen LogP contribution in [0.2, 0.25) is 0 Å². The molecular formula is C19H22N6O3. The van der Waals surface area contributed by atoms with Crippen LogP contribution in [0.3, 0.4) is 0 Å². The highest BCUT2D eigenvalue weighted by atomic mass is 16.5. The summed E-state index contributed by atoms with van der Waals surface area (Å²) in [5.41, 5.74) is 1.01. The molecule has 0 N–H and O–H groups in total. The average molecular weight is 382 g/mol. The number of rotatable bonds is 7. The number of nitrogens with zero attached hydrogens (tertiary/aromatic N) is 6. The van der Waals surface area contributed by atoms with Crippen molar-refractivity contribution in [3.63, 3.8) is 0 Å². The van der Waals surface area contributed by atoms with Gasteiger partial charge in [0, 0.05) is 26.8 Å². The van der Waals surface area contributed by atoms with Crippen LogP contribution in [0.15, 0.2) is 35.7 Å². The number of fused-ring (bicyclic) bond motifs is 1. The molecule has 0 atom stereocenters. The molecule has 0 amide bonds. The Kier molecular flexibility index (Phi) is 5.83. The summed E-state index contributed by atoms with van der Waals surface area (Å²) in [5.74, 6) is 0.777. The second-order valence-electron chi connectivity index (χ2n) is 6.14. The van der Waals surface area contributed by atoms with Crippen LogP contribution < -0.4 is 4.74 Å². The fourth-order valence-electron chi connectivity index (χ4n) is 2.44. The first kappa shape index (κ1) is 19.3. The van der Waals surface area contributed by atoms with Crippen molar-refractivity contribution in [2.24, 2.45) is 4.99 Å². The molecule has 9 heteroatoms. The van der Waals surface area contributed by atoms with Crippen molar-refractivity contribution in [1.82, 2.24) is 24.6 Å². The number of aliphatic imine (C=N–C) groups is 1. The molecule has 9 nitrogen and oxygen atoms in total. The van der Waals surface area contributed by atoms with E-state index >= 15 is 0 Å². The van der Waals surface area contributed by atoms with Crippen molar-refractivity contribution in [2.45, 2.75) is 20.4 Å². The van der Waals surface area contributed by atoms with Gasteiger partial charge < -0.3 is 14.4 Å². The van der Waals surface area contributed by atoms with Crippen molar-refractivity contribution in [1.29, 1.82) is 0 Å². The average Bonchev–Trinajstić information content (AvgIpc) is 3.11. The van der Waals surface area contributed by atoms with Crippen LogP contribution >= 0.6 is 0 Å². The molecule has 0 saturated carbocycles. The van der Waals surface area contributed by atoms with Gasteiger partial charge in [-0.1, -0.05) is 0 Å². The lowest BCUT2D eigenvalue weighted by Crippen LogP contribution is -2.07. The maximum absolute atomic E-state index is 12.2. The maximum Gasteiger partial charge on any atom is 0.338 e. The van der Waals surface area contributed by atoms with E-state index in [0.717, 1.165) is 5.39 Å². The Morgan fingerprint density at radius 1 is 1.25 bits per heavy atom. The van der Waals surface area contributed by atoms with Gasteiger partial charge in [-0.15, -0.1) is 0 Å². The van der Waals surface area contributed by atoms with Crippen molar-refractivity contribution in [3.8, 4) is 11.6 Å². The smallest absolute Gasteiger partial charge is 0.338 e. The van der Waals surface area contributed by atoms with Gasteiger partial charge in [-0.05, 0) is 26.0 Å². The van der Waals surface area contributed by atoms with Crippen LogP contribution in [0.4, 0.5) is 5.82 Å². The first-order chi connectivity index (χ1) is 13.5. The van der Waals surface area contributed by atoms with Crippen molar-refractivity contribution < 1.29 is 14.3 Å². The van der Waals surface area contributed by atoms with Gasteiger partial charge in [-0.3, -0.25) is 4.68 Å². The molecule has 0 radical (unpaired) electrons. The fourth-order valence-corrected chi connectivity index (χ4v) is 2.44. The van der Waals surface area contributed by atoms with Gasteiger partial charge in [0.15, 0.2) is 5.82 Å². The third kappa shape index (κ3) is 4.43. The Labute approximate surface area is 162 Å². The van der Waals surface area contributed by atoms with E-state index in [2.05, 4.69) is 20.1 Å². The van der Waals surface area contributed by atoms with Crippen LogP contribution in [-0.4, -0.2) is 57.7 Å². The Morgan fingerprint density at radius 3 is 2.71 bits per heavy atom. The van der Waals surface area contributed by atoms with Crippen LogP contribution in [0.1, 0.15) is 24.2 Å². The third-order valence-electron chi connectivity index (χ3n) is 3.72. The summed E-state index contributed by atoms with van der Waals surface area (Å²) in [6.45, 7) is 4.73. The first-order valence-corrected chi connectivity index (χ1v) is 8.89. The number of benzene rings is 1. The molecule has 2 heterocycles. The molecule has 28 heavy (non-hydrogen) atoms. The Balaban J connectivity index is 1.94. The van der Waals surface area contributed by atoms with Gasteiger partial charge >= 0.3 is 5.97 Å². The summed E-state index contributed by atoms with van der Waals surface area (Å²) in [6, 6.07) is 3.32. The molecule has 3 aromatic rings. The van der Waals surface area contributed by atoms with E-state index in [9.17, 15) is 4.79 Å². The third-order valence-corrected chi connectivity index (χ3v) is 3.72. The highest BCUT2D eigenvalue weighted by Gasteiger charge is 2.16.